The molecule has 3 aliphatic rings. The van der Waals surface area contributed by atoms with Gasteiger partial charge in [-0.05, 0) is 37.6 Å². The fourth-order valence-corrected chi connectivity index (χ4v) is 4.71. The van der Waals surface area contributed by atoms with E-state index in [1.54, 1.807) is 12.1 Å². The summed E-state index contributed by atoms with van der Waals surface area (Å²) in [5, 5.41) is 54.2. The van der Waals surface area contributed by atoms with Gasteiger partial charge in [0.2, 0.25) is 12.2 Å². The Morgan fingerprint density at radius 2 is 1.69 bits per heavy atom. The molecule has 1 saturated carbocycles. The zero-order chi connectivity index (χ0) is 28.4. The van der Waals surface area contributed by atoms with Gasteiger partial charge in [-0.1, -0.05) is 18.7 Å². The molecule has 0 spiro atoms. The van der Waals surface area contributed by atoms with E-state index in [0.29, 0.717) is 5.56 Å². The van der Waals surface area contributed by atoms with Crippen LogP contribution in [0.3, 0.4) is 0 Å². The van der Waals surface area contributed by atoms with Gasteiger partial charge in [-0.15, -0.1) is 0 Å². The Labute approximate surface area is 224 Å². The molecule has 0 unspecified atom stereocenters. The Morgan fingerprint density at radius 1 is 1.00 bits per heavy atom. The number of hydrogen-bond acceptors (Lipinski definition) is 12. The van der Waals surface area contributed by atoms with E-state index in [9.17, 15) is 35.1 Å². The third-order valence-electron chi connectivity index (χ3n) is 6.83. The number of nitrogens with one attached hydrogen (secondary N) is 1. The van der Waals surface area contributed by atoms with Gasteiger partial charge < -0.3 is 54.5 Å². The minimum Gasteiger partial charge on any atom is -0.486 e. The van der Waals surface area contributed by atoms with Gasteiger partial charge in [0.1, 0.15) is 62.2 Å². The van der Waals surface area contributed by atoms with E-state index in [-0.39, 0.29) is 30.5 Å². The van der Waals surface area contributed by atoms with Crippen molar-refractivity contribution in [3.8, 4) is 11.5 Å². The summed E-state index contributed by atoms with van der Waals surface area (Å²) in [6.45, 7) is 6.31. The van der Waals surface area contributed by atoms with Crippen LogP contribution in [0.15, 0.2) is 36.4 Å². The van der Waals surface area contributed by atoms with Crippen LogP contribution in [-0.4, -0.2) is 112 Å². The van der Waals surface area contributed by atoms with Gasteiger partial charge in [0.25, 0.3) is 0 Å². The van der Waals surface area contributed by atoms with E-state index in [0.717, 1.165) is 0 Å². The number of benzene rings is 1. The van der Waals surface area contributed by atoms with E-state index in [4.69, 9.17) is 23.7 Å². The lowest BCUT2D eigenvalue weighted by atomic mass is 9.83. The summed E-state index contributed by atoms with van der Waals surface area (Å²) in [7, 11) is 0. The van der Waals surface area contributed by atoms with Crippen LogP contribution in [0.1, 0.15) is 19.4 Å². The topological polar surface area (TPSA) is 193 Å². The van der Waals surface area contributed by atoms with Gasteiger partial charge in [-0.3, -0.25) is 9.59 Å². The van der Waals surface area contributed by atoms with E-state index in [1.807, 2.05) is 0 Å². The van der Waals surface area contributed by atoms with E-state index >= 15 is 0 Å². The zero-order valence-electron chi connectivity index (χ0n) is 21.4. The first-order valence-corrected chi connectivity index (χ1v) is 12.4. The van der Waals surface area contributed by atoms with Crippen molar-refractivity contribution in [1.82, 2.24) is 5.32 Å². The molecule has 1 aliphatic carbocycles. The lowest BCUT2D eigenvalue weighted by Gasteiger charge is -2.41. The number of ketones is 1. The second kappa shape index (κ2) is 12.1. The van der Waals surface area contributed by atoms with Gasteiger partial charge in [0.05, 0.1) is 6.04 Å². The molecule has 4 rings (SSSR count). The molecule has 0 aromatic heterocycles. The molecule has 3 fully saturated rings. The molecule has 6 N–H and O–H groups in total. The van der Waals surface area contributed by atoms with Gasteiger partial charge in [-0.2, -0.15) is 0 Å². The predicted molar refractivity (Wildman–Crippen MR) is 132 cm³/mol. The Bertz CT molecular complexity index is 1110. The highest BCUT2D eigenvalue weighted by Crippen LogP contribution is 2.34. The van der Waals surface area contributed by atoms with E-state index in [1.165, 1.54) is 32.1 Å². The van der Waals surface area contributed by atoms with Gasteiger partial charge in [0.15, 0.2) is 17.3 Å². The average molecular weight is 552 g/mol. The highest BCUT2D eigenvalue weighted by Gasteiger charge is 2.53. The molecule has 0 bridgehead atoms. The van der Waals surface area contributed by atoms with Crippen molar-refractivity contribution in [2.24, 2.45) is 0 Å². The maximum Gasteiger partial charge on any atom is 0.247 e. The normalized spacial score (nSPS) is 36.2. The third kappa shape index (κ3) is 6.00. The second-order valence-electron chi connectivity index (χ2n) is 9.62. The second-order valence-corrected chi connectivity index (χ2v) is 9.62. The number of Topliss-reactive ketones (excluding diaryl/α,β-unsaturated/α-hetero) is 1. The lowest BCUT2D eigenvalue weighted by Crippen LogP contribution is -2.67. The average Bonchev–Trinajstić information content (AvgIpc) is 3.51. The van der Waals surface area contributed by atoms with Crippen LogP contribution >= 0.6 is 0 Å². The predicted octanol–water partition coefficient (Wildman–Crippen LogP) is -1.61. The fraction of sp³-hybridized carbons (Fsp3) is 0.538. The molecule has 39 heavy (non-hydrogen) atoms. The van der Waals surface area contributed by atoms with Crippen molar-refractivity contribution in [3.05, 3.63) is 42.0 Å². The summed E-state index contributed by atoms with van der Waals surface area (Å²) in [5.41, 5.74) is 0.723. The quantitative estimate of drug-likeness (QED) is 0.152. The van der Waals surface area contributed by atoms with Crippen LogP contribution in [0.2, 0.25) is 0 Å². The summed E-state index contributed by atoms with van der Waals surface area (Å²) in [6, 6.07) is 3.45. The molecule has 13 heteroatoms. The number of aliphatic hydroxyl groups is 5. The largest absolute Gasteiger partial charge is 0.486 e. The van der Waals surface area contributed by atoms with Crippen LogP contribution < -0.4 is 14.8 Å². The Hall–Kier alpha value is -2.88. The van der Waals surface area contributed by atoms with E-state index in [2.05, 4.69) is 11.9 Å². The van der Waals surface area contributed by atoms with Crippen molar-refractivity contribution >= 4 is 17.8 Å². The van der Waals surface area contributed by atoms with Crippen molar-refractivity contribution < 1.29 is 58.8 Å². The first kappa shape index (κ1) is 29.1. The number of carbonyl (C=O) groups is 2. The molecular formula is C26H33NO12. The lowest BCUT2D eigenvalue weighted by molar-refractivity contribution is -0.155. The van der Waals surface area contributed by atoms with Gasteiger partial charge in [0, 0.05) is 5.57 Å². The molecule has 2 heterocycles. The molecular weight excluding hydrogens is 518 g/mol. The molecule has 1 aromatic carbocycles. The molecule has 2 saturated heterocycles. The summed E-state index contributed by atoms with van der Waals surface area (Å²) in [4.78, 5) is 24.6. The van der Waals surface area contributed by atoms with Crippen LogP contribution in [-0.2, 0) is 23.8 Å². The molecule has 1 amide bonds. The Morgan fingerprint density at radius 3 is 2.33 bits per heavy atom. The summed E-state index contributed by atoms with van der Waals surface area (Å²) < 4.78 is 27.2. The molecule has 13 nitrogen and oxygen atoms in total. The maximum atomic E-state index is 12.9. The SMILES string of the molecule is C=CCOc1cc(/C=C(\C)C(=O)N[C@@H]2[C@H](O)[C@@H](O)[C@H]3OCO[C@H]3[C@@H]2O)ccc1O[C@@H]1O[C@H](C(C)=O)[C@@H](O)[C@@H]1O. The van der Waals surface area contributed by atoms with E-state index < -0.39 is 72.9 Å². The monoisotopic (exact) mass is 551 g/mol. The number of ether oxygens (including phenoxy) is 5. The molecule has 2 aliphatic heterocycles. The highest BCUT2D eigenvalue weighted by atomic mass is 16.7. The number of aliphatic hydroxyl groups excluding tert-OH is 5. The van der Waals surface area contributed by atoms with Crippen molar-refractivity contribution in [2.45, 2.75) is 75.0 Å². The standard InChI is InChI=1S/C26H33NO12/c1-4-7-35-15-9-13(5-6-14(15)38-26-21(33)20(32)22(39-26)12(3)28)8-11(2)25(34)27-16-17(29)19(31)24-23(18(16)30)36-10-37-24/h4-6,8-9,16-24,26,29-33H,1,7,10H2,2-3H3,(H,27,34)/b11-8+/t16-,17+,18-,19-,20+,21+,22-,23+,24-,26-/m1/s1. The van der Waals surface area contributed by atoms with Crippen molar-refractivity contribution in [3.63, 3.8) is 0 Å². The first-order valence-electron chi connectivity index (χ1n) is 12.4. The number of amides is 1. The molecule has 0 radical (unpaired) electrons. The maximum absolute atomic E-state index is 12.9. The zero-order valence-corrected chi connectivity index (χ0v) is 21.4. The van der Waals surface area contributed by atoms with Crippen molar-refractivity contribution in [1.29, 1.82) is 0 Å². The smallest absolute Gasteiger partial charge is 0.247 e. The summed E-state index contributed by atoms with van der Waals surface area (Å²) in [5.74, 6) is -0.716. The first-order chi connectivity index (χ1) is 18.5. The Balaban J connectivity index is 1.48. The minimum absolute atomic E-state index is 0.101. The Kier molecular flexibility index (Phi) is 9.03. The molecule has 10 atom stereocenters. The third-order valence-corrected chi connectivity index (χ3v) is 6.83. The van der Waals surface area contributed by atoms with Crippen molar-refractivity contribution in [2.75, 3.05) is 13.4 Å². The van der Waals surface area contributed by atoms with Crippen LogP contribution in [0.4, 0.5) is 0 Å². The molecule has 1 aromatic rings. The number of carbonyl (C=O) groups excluding carboxylic acids is 2. The minimum atomic E-state index is -1.48. The summed E-state index contributed by atoms with van der Waals surface area (Å²) in [6.07, 6.45) is -8.41. The fourth-order valence-electron chi connectivity index (χ4n) is 4.71. The van der Waals surface area contributed by atoms with Gasteiger partial charge in [-0.25, -0.2) is 0 Å². The number of hydrogen-bond donors (Lipinski definition) is 6. The highest BCUT2D eigenvalue weighted by molar-refractivity contribution is 5.97. The molecule has 214 valence electrons. The number of fused-ring (bicyclic) bond motifs is 1. The van der Waals surface area contributed by atoms with Crippen LogP contribution in [0, 0.1) is 0 Å². The number of rotatable bonds is 9. The van der Waals surface area contributed by atoms with Crippen LogP contribution in [0.25, 0.3) is 6.08 Å². The van der Waals surface area contributed by atoms with Crippen LogP contribution in [0.5, 0.6) is 11.5 Å². The van der Waals surface area contributed by atoms with Gasteiger partial charge >= 0.3 is 0 Å². The summed E-state index contributed by atoms with van der Waals surface area (Å²) >= 11 is 0.